The molecule has 4 aromatic carbocycles. The molecule has 0 amide bonds. The molecule has 1 aliphatic heterocycles. The summed E-state index contributed by atoms with van der Waals surface area (Å²) in [6.07, 6.45) is 17.6. The number of hydrogen-bond donors (Lipinski definition) is 1. The van der Waals surface area contributed by atoms with Crippen LogP contribution >= 0.6 is 0 Å². The molecule has 3 atom stereocenters. The van der Waals surface area contributed by atoms with E-state index in [1.807, 2.05) is 6.07 Å². The standard InChI is InChI=1S/C44H35N3O/c1-3-11-28(12-4-1)30-19-22-39-35(25-30)36-26-31(32-21-24-42-37(27-32)33-15-8-10-18-41(33)48-42)20-23-40(36)47(39)44-45-38-17-9-7-16-34(38)43(46-44)29-13-5-2-6-14-29/h1-15,17-18,20-21,23-25,27,31,34,44-45H,16,19,22,26H2. The lowest BCUT2D eigenvalue weighted by Gasteiger charge is -2.35. The molecule has 4 nitrogen and oxygen atoms in total. The zero-order chi connectivity index (χ0) is 31.6. The van der Waals surface area contributed by atoms with Crippen molar-refractivity contribution < 1.29 is 4.42 Å². The maximum absolute atomic E-state index is 6.17. The van der Waals surface area contributed by atoms with Crippen LogP contribution in [0.5, 0.6) is 0 Å². The molecule has 3 aliphatic carbocycles. The van der Waals surface area contributed by atoms with Crippen molar-refractivity contribution in [2.75, 3.05) is 0 Å². The van der Waals surface area contributed by atoms with Crippen LogP contribution in [0.4, 0.5) is 0 Å². The highest BCUT2D eigenvalue weighted by Gasteiger charge is 2.35. The summed E-state index contributed by atoms with van der Waals surface area (Å²) in [6, 6.07) is 36.7. The minimum atomic E-state index is -0.215. The first-order chi connectivity index (χ1) is 23.8. The van der Waals surface area contributed by atoms with E-state index in [4.69, 9.17) is 9.41 Å². The number of aliphatic imine (C=N–C) groups is 1. The van der Waals surface area contributed by atoms with Crippen LogP contribution in [0.25, 0.3) is 39.7 Å². The second kappa shape index (κ2) is 11.0. The molecule has 3 unspecified atom stereocenters. The number of nitrogens with one attached hydrogen (secondary N) is 1. The molecule has 0 saturated carbocycles. The van der Waals surface area contributed by atoms with E-state index in [2.05, 4.69) is 143 Å². The van der Waals surface area contributed by atoms with Crippen LogP contribution in [0.2, 0.25) is 0 Å². The number of aromatic nitrogens is 1. The molecule has 4 aliphatic rings. The van der Waals surface area contributed by atoms with E-state index in [9.17, 15) is 0 Å². The number of furan rings is 1. The highest BCUT2D eigenvalue weighted by atomic mass is 16.3. The van der Waals surface area contributed by atoms with E-state index in [0.717, 1.165) is 36.8 Å². The van der Waals surface area contributed by atoms with Gasteiger partial charge in [0.25, 0.3) is 0 Å². The third kappa shape index (κ3) is 4.40. The van der Waals surface area contributed by atoms with Crippen LogP contribution in [0.1, 0.15) is 64.3 Å². The van der Waals surface area contributed by atoms with Crippen LogP contribution in [-0.4, -0.2) is 10.3 Å². The molecule has 0 spiro atoms. The first-order valence-corrected chi connectivity index (χ1v) is 17.2. The van der Waals surface area contributed by atoms with Gasteiger partial charge >= 0.3 is 0 Å². The lowest BCUT2D eigenvalue weighted by atomic mass is 9.83. The first kappa shape index (κ1) is 27.5. The lowest BCUT2D eigenvalue weighted by molar-refractivity contribution is 0.409. The minimum Gasteiger partial charge on any atom is -0.456 e. The van der Waals surface area contributed by atoms with Crippen LogP contribution in [0.3, 0.4) is 0 Å². The Labute approximate surface area is 280 Å². The fraction of sp³-hybridized carbons (Fsp3) is 0.159. The Bertz CT molecular complexity index is 2380. The fourth-order valence-electron chi connectivity index (χ4n) is 8.36. The number of hydrogen-bond acceptors (Lipinski definition) is 3. The summed E-state index contributed by atoms with van der Waals surface area (Å²) in [5.41, 5.74) is 15.0. The van der Waals surface area contributed by atoms with Crippen molar-refractivity contribution in [2.45, 2.75) is 37.9 Å². The molecule has 0 fully saturated rings. The van der Waals surface area contributed by atoms with Crippen molar-refractivity contribution in [2.24, 2.45) is 10.9 Å². The molecule has 232 valence electrons. The number of allylic oxidation sites excluding steroid dienone is 6. The smallest absolute Gasteiger partial charge is 0.200 e. The number of rotatable bonds is 4. The summed E-state index contributed by atoms with van der Waals surface area (Å²) in [7, 11) is 0. The summed E-state index contributed by atoms with van der Waals surface area (Å²) in [5, 5.41) is 6.26. The zero-order valence-corrected chi connectivity index (χ0v) is 26.6. The van der Waals surface area contributed by atoms with Crippen LogP contribution in [0.15, 0.2) is 143 Å². The Morgan fingerprint density at radius 1 is 0.792 bits per heavy atom. The van der Waals surface area contributed by atoms with Crippen molar-refractivity contribution in [1.29, 1.82) is 0 Å². The van der Waals surface area contributed by atoms with Gasteiger partial charge in [0.05, 0.1) is 5.71 Å². The van der Waals surface area contributed by atoms with Crippen molar-refractivity contribution in [3.63, 3.8) is 0 Å². The van der Waals surface area contributed by atoms with Crippen molar-refractivity contribution in [1.82, 2.24) is 9.88 Å². The van der Waals surface area contributed by atoms with Gasteiger partial charge in [-0.05, 0) is 95.5 Å². The highest BCUT2D eigenvalue weighted by Crippen LogP contribution is 2.44. The summed E-state index contributed by atoms with van der Waals surface area (Å²) >= 11 is 0. The largest absolute Gasteiger partial charge is 0.456 e. The van der Waals surface area contributed by atoms with Gasteiger partial charge in [-0.15, -0.1) is 0 Å². The van der Waals surface area contributed by atoms with E-state index in [-0.39, 0.29) is 18.1 Å². The number of nitrogens with zero attached hydrogens (tertiary/aromatic N) is 2. The van der Waals surface area contributed by atoms with Gasteiger partial charge < -0.3 is 14.3 Å². The molecule has 3 heterocycles. The Morgan fingerprint density at radius 3 is 2.46 bits per heavy atom. The third-order valence-corrected chi connectivity index (χ3v) is 10.7. The second-order valence-corrected chi connectivity index (χ2v) is 13.4. The van der Waals surface area contributed by atoms with E-state index < -0.39 is 0 Å². The molecular formula is C44H35N3O. The molecule has 4 heteroatoms. The SMILES string of the molecule is C1=CCC2C(=C1)NC(n1c3c(c4c1CCC(c1ccccc1)=C4)CC(c1ccc4oc5ccccc5c4c1)C=C3)N=C2c1ccccc1. The molecule has 6 aromatic rings. The van der Waals surface area contributed by atoms with Crippen LogP contribution < -0.4 is 5.32 Å². The first-order valence-electron chi connectivity index (χ1n) is 17.2. The summed E-state index contributed by atoms with van der Waals surface area (Å²) in [5.74, 6) is 0.513. The molecule has 0 bridgehead atoms. The van der Waals surface area contributed by atoms with E-state index in [1.165, 1.54) is 67.0 Å². The van der Waals surface area contributed by atoms with Crippen LogP contribution in [-0.2, 0) is 12.8 Å². The molecule has 10 rings (SSSR count). The van der Waals surface area contributed by atoms with Gasteiger partial charge in [0.1, 0.15) is 11.2 Å². The van der Waals surface area contributed by atoms with E-state index in [1.54, 1.807) is 0 Å². The molecule has 48 heavy (non-hydrogen) atoms. The number of benzene rings is 4. The molecular weight excluding hydrogens is 587 g/mol. The van der Waals surface area contributed by atoms with E-state index in [0.29, 0.717) is 0 Å². The van der Waals surface area contributed by atoms with Gasteiger partial charge in [-0.2, -0.15) is 0 Å². The molecule has 0 radical (unpaired) electrons. The average Bonchev–Trinajstić information content (AvgIpc) is 3.69. The Balaban J connectivity index is 1.12. The minimum absolute atomic E-state index is 0.215. The van der Waals surface area contributed by atoms with E-state index >= 15 is 0 Å². The zero-order valence-electron chi connectivity index (χ0n) is 26.6. The monoisotopic (exact) mass is 621 g/mol. The molecule has 0 saturated heterocycles. The third-order valence-electron chi connectivity index (χ3n) is 10.7. The van der Waals surface area contributed by atoms with Gasteiger partial charge in [-0.3, -0.25) is 0 Å². The summed E-state index contributed by atoms with van der Waals surface area (Å²) in [6.45, 7) is 0. The predicted octanol–water partition coefficient (Wildman–Crippen LogP) is 10.2. The topological polar surface area (TPSA) is 42.5 Å². The Kier molecular flexibility index (Phi) is 6.29. The van der Waals surface area contributed by atoms with Gasteiger partial charge in [0, 0.05) is 39.7 Å². The summed E-state index contributed by atoms with van der Waals surface area (Å²) in [4.78, 5) is 5.54. The Morgan fingerprint density at radius 2 is 1.58 bits per heavy atom. The predicted molar refractivity (Wildman–Crippen MR) is 197 cm³/mol. The average molecular weight is 622 g/mol. The lowest BCUT2D eigenvalue weighted by Crippen LogP contribution is -2.39. The van der Waals surface area contributed by atoms with Crippen LogP contribution in [0, 0.1) is 5.92 Å². The number of para-hydroxylation sites is 1. The van der Waals surface area contributed by atoms with Crippen molar-refractivity contribution >= 4 is 45.4 Å². The van der Waals surface area contributed by atoms with Gasteiger partial charge in [-0.25, -0.2) is 4.99 Å². The maximum atomic E-state index is 6.17. The van der Waals surface area contributed by atoms with Crippen molar-refractivity contribution in [3.05, 3.63) is 172 Å². The summed E-state index contributed by atoms with van der Waals surface area (Å²) < 4.78 is 8.69. The van der Waals surface area contributed by atoms with Crippen molar-refractivity contribution in [3.8, 4) is 0 Å². The second-order valence-electron chi connectivity index (χ2n) is 13.4. The normalized spacial score (nSPS) is 21.2. The van der Waals surface area contributed by atoms with Gasteiger partial charge in [-0.1, -0.05) is 103 Å². The van der Waals surface area contributed by atoms with Gasteiger partial charge in [0.15, 0.2) is 0 Å². The van der Waals surface area contributed by atoms with Gasteiger partial charge in [0.2, 0.25) is 6.29 Å². The Hall–Kier alpha value is -5.61. The maximum Gasteiger partial charge on any atom is 0.200 e. The fourth-order valence-corrected chi connectivity index (χ4v) is 8.36. The molecule has 1 N–H and O–H groups in total. The highest BCUT2D eigenvalue weighted by molar-refractivity contribution is 6.05. The number of fused-ring (bicyclic) bond motifs is 7. The molecule has 2 aromatic heterocycles. The quantitative estimate of drug-likeness (QED) is 0.213.